The summed E-state index contributed by atoms with van der Waals surface area (Å²) < 4.78 is 11.3. The Morgan fingerprint density at radius 1 is 0.950 bits per heavy atom. The zero-order valence-electron chi connectivity index (χ0n) is 11.1. The van der Waals surface area contributed by atoms with E-state index in [1.54, 1.807) is 38.5 Å². The number of hydrogen-bond donors (Lipinski definition) is 2. The maximum absolute atomic E-state index is 9.47. The van der Waals surface area contributed by atoms with Crippen molar-refractivity contribution in [2.75, 3.05) is 14.2 Å². The van der Waals surface area contributed by atoms with Crippen molar-refractivity contribution in [1.82, 2.24) is 0 Å². The van der Waals surface area contributed by atoms with Crippen LogP contribution in [0.1, 0.15) is 0 Å². The lowest BCUT2D eigenvalue weighted by molar-refractivity contribution is 0.355. The maximum atomic E-state index is 9.47. The molecule has 0 bridgehead atoms. The Bertz CT molecular complexity index is 616. The molecule has 20 heavy (non-hydrogen) atoms. The monoisotopic (exact) mass is 336 g/mol. The summed E-state index contributed by atoms with van der Waals surface area (Å²) in [7, 11) is 1.59. The number of rotatable bonds is 4. The fraction of sp³-hybridized carbons (Fsp3) is 0.143. The van der Waals surface area contributed by atoms with Gasteiger partial charge < -0.3 is 19.5 Å². The second-order valence-corrected chi connectivity index (χ2v) is 5.00. The number of ether oxygens (including phenoxy) is 2. The van der Waals surface area contributed by atoms with Crippen LogP contribution in [0.15, 0.2) is 40.9 Å². The molecule has 0 heterocycles. The van der Waals surface area contributed by atoms with Gasteiger partial charge in [-0.25, -0.2) is 0 Å². The first kappa shape index (κ1) is 14.9. The van der Waals surface area contributed by atoms with Gasteiger partial charge in [-0.15, -0.1) is 0 Å². The molecule has 2 N–H and O–H groups in total. The molecule has 0 spiro atoms. The Hall–Kier alpha value is -1.50. The van der Waals surface area contributed by atoms with Gasteiger partial charge in [0.2, 0.25) is 0 Å². The first-order valence-corrected chi connectivity index (χ1v) is 6.74. The summed E-state index contributed by atoms with van der Waals surface area (Å²) in [5.74, 6) is 1.18. The van der Waals surface area contributed by atoms with Gasteiger partial charge in [-0.05, 0) is 28.7 Å². The standard InChI is InChI=1S/C14H14BBrO4/c1-19-13-7-10(12(16)8-14(13)20-2)9-5-3-4-6-11(9)15(17)18/h3-8,17-18H,1-2H3. The minimum Gasteiger partial charge on any atom is -0.493 e. The lowest BCUT2D eigenvalue weighted by Crippen LogP contribution is -2.31. The molecule has 0 saturated carbocycles. The molecule has 0 fully saturated rings. The van der Waals surface area contributed by atoms with Gasteiger partial charge in [-0.1, -0.05) is 40.2 Å². The van der Waals surface area contributed by atoms with Gasteiger partial charge in [-0.2, -0.15) is 0 Å². The molecular formula is C14H14BBrO4. The van der Waals surface area contributed by atoms with Crippen molar-refractivity contribution in [2.24, 2.45) is 0 Å². The first-order valence-electron chi connectivity index (χ1n) is 5.95. The number of halogens is 1. The van der Waals surface area contributed by atoms with E-state index in [0.29, 0.717) is 17.0 Å². The molecule has 0 radical (unpaired) electrons. The minimum atomic E-state index is -1.54. The molecule has 4 nitrogen and oxygen atoms in total. The van der Waals surface area contributed by atoms with E-state index in [1.807, 2.05) is 12.1 Å². The third-order valence-corrected chi connectivity index (χ3v) is 3.66. The van der Waals surface area contributed by atoms with Crippen molar-refractivity contribution < 1.29 is 19.5 Å². The Balaban J connectivity index is 2.64. The molecule has 2 aromatic carbocycles. The molecule has 104 valence electrons. The average molecular weight is 337 g/mol. The zero-order chi connectivity index (χ0) is 14.7. The maximum Gasteiger partial charge on any atom is 0.489 e. The van der Waals surface area contributed by atoms with Crippen LogP contribution in [0.5, 0.6) is 11.5 Å². The van der Waals surface area contributed by atoms with Gasteiger partial charge in [0.1, 0.15) is 0 Å². The highest BCUT2D eigenvalue weighted by Crippen LogP contribution is 2.37. The molecule has 0 aliphatic carbocycles. The molecule has 0 aromatic heterocycles. The summed E-state index contributed by atoms with van der Waals surface area (Å²) in [6.07, 6.45) is 0. The van der Waals surface area contributed by atoms with Crippen LogP contribution < -0.4 is 14.9 Å². The molecule has 0 amide bonds. The lowest BCUT2D eigenvalue weighted by atomic mass is 9.75. The first-order chi connectivity index (χ1) is 9.58. The summed E-state index contributed by atoms with van der Waals surface area (Å²) in [6, 6.07) is 10.7. The highest BCUT2D eigenvalue weighted by Gasteiger charge is 2.19. The third-order valence-electron chi connectivity index (χ3n) is 3.00. The van der Waals surface area contributed by atoms with E-state index in [4.69, 9.17) is 9.47 Å². The normalized spacial score (nSPS) is 10.2. The molecule has 0 atom stereocenters. The highest BCUT2D eigenvalue weighted by molar-refractivity contribution is 9.10. The summed E-state index contributed by atoms with van der Waals surface area (Å²) in [5, 5.41) is 18.9. The molecule has 0 saturated heterocycles. The van der Waals surface area contributed by atoms with Crippen LogP contribution >= 0.6 is 15.9 Å². The number of hydrogen-bond acceptors (Lipinski definition) is 4. The Morgan fingerprint density at radius 3 is 2.15 bits per heavy atom. The predicted octanol–water partition coefficient (Wildman–Crippen LogP) is 1.81. The molecule has 6 heteroatoms. The summed E-state index contributed by atoms with van der Waals surface area (Å²) in [5.41, 5.74) is 1.95. The fourth-order valence-electron chi connectivity index (χ4n) is 2.03. The average Bonchev–Trinajstić information content (AvgIpc) is 2.46. The molecule has 0 aliphatic rings. The van der Waals surface area contributed by atoms with E-state index >= 15 is 0 Å². The van der Waals surface area contributed by atoms with Gasteiger partial charge in [-0.3, -0.25) is 0 Å². The van der Waals surface area contributed by atoms with Crippen LogP contribution in [0.2, 0.25) is 0 Å². The van der Waals surface area contributed by atoms with Crippen molar-refractivity contribution in [3.63, 3.8) is 0 Å². The fourth-order valence-corrected chi connectivity index (χ4v) is 2.56. The van der Waals surface area contributed by atoms with E-state index in [2.05, 4.69) is 15.9 Å². The second kappa shape index (κ2) is 6.30. The van der Waals surface area contributed by atoms with Gasteiger partial charge >= 0.3 is 7.12 Å². The number of methoxy groups -OCH3 is 2. The quantitative estimate of drug-likeness (QED) is 0.836. The van der Waals surface area contributed by atoms with Gasteiger partial charge in [0.05, 0.1) is 14.2 Å². The summed E-state index contributed by atoms with van der Waals surface area (Å²) >= 11 is 3.47. The molecular weight excluding hydrogens is 323 g/mol. The molecule has 2 rings (SSSR count). The lowest BCUT2D eigenvalue weighted by Gasteiger charge is -2.14. The minimum absolute atomic E-state index is 0.431. The van der Waals surface area contributed by atoms with Crippen molar-refractivity contribution in [2.45, 2.75) is 0 Å². The van der Waals surface area contributed by atoms with Crippen LogP contribution in [-0.4, -0.2) is 31.4 Å². The van der Waals surface area contributed by atoms with Crippen LogP contribution in [-0.2, 0) is 0 Å². The van der Waals surface area contributed by atoms with Crippen LogP contribution in [0.25, 0.3) is 11.1 Å². The van der Waals surface area contributed by atoms with Crippen molar-refractivity contribution in [3.8, 4) is 22.6 Å². The Labute approximate surface area is 126 Å². The van der Waals surface area contributed by atoms with Crippen molar-refractivity contribution in [1.29, 1.82) is 0 Å². The van der Waals surface area contributed by atoms with Gasteiger partial charge in [0, 0.05) is 4.47 Å². The van der Waals surface area contributed by atoms with Gasteiger partial charge in [0.15, 0.2) is 11.5 Å². The largest absolute Gasteiger partial charge is 0.493 e. The third kappa shape index (κ3) is 2.82. The van der Waals surface area contributed by atoms with E-state index in [9.17, 15) is 10.0 Å². The van der Waals surface area contributed by atoms with Crippen LogP contribution in [0, 0.1) is 0 Å². The van der Waals surface area contributed by atoms with E-state index in [1.165, 1.54) is 0 Å². The summed E-state index contributed by atoms with van der Waals surface area (Å²) in [4.78, 5) is 0. The van der Waals surface area contributed by atoms with Crippen LogP contribution in [0.3, 0.4) is 0 Å². The van der Waals surface area contributed by atoms with E-state index < -0.39 is 7.12 Å². The smallest absolute Gasteiger partial charge is 0.489 e. The molecule has 0 unspecified atom stereocenters. The SMILES string of the molecule is COc1cc(Br)c(-c2ccccc2B(O)O)cc1OC. The zero-order valence-corrected chi connectivity index (χ0v) is 12.7. The van der Waals surface area contributed by atoms with E-state index in [-0.39, 0.29) is 0 Å². The topological polar surface area (TPSA) is 58.9 Å². The Kier molecular flexibility index (Phi) is 4.70. The number of benzene rings is 2. The highest BCUT2D eigenvalue weighted by atomic mass is 79.9. The Morgan fingerprint density at radius 2 is 1.55 bits per heavy atom. The van der Waals surface area contributed by atoms with Crippen LogP contribution in [0.4, 0.5) is 0 Å². The predicted molar refractivity (Wildman–Crippen MR) is 82.5 cm³/mol. The second-order valence-electron chi connectivity index (χ2n) is 4.15. The van der Waals surface area contributed by atoms with Crippen molar-refractivity contribution >= 4 is 28.5 Å². The van der Waals surface area contributed by atoms with E-state index in [0.717, 1.165) is 15.6 Å². The molecule has 2 aromatic rings. The van der Waals surface area contributed by atoms with Crippen molar-refractivity contribution in [3.05, 3.63) is 40.9 Å². The summed E-state index contributed by atoms with van der Waals surface area (Å²) in [6.45, 7) is 0. The molecule has 0 aliphatic heterocycles. The van der Waals surface area contributed by atoms with Gasteiger partial charge in [0.25, 0.3) is 0 Å².